The fourth-order valence-corrected chi connectivity index (χ4v) is 2.01. The van der Waals surface area contributed by atoms with Crippen molar-refractivity contribution >= 4 is 28.2 Å². The molecule has 0 atom stereocenters. The van der Waals surface area contributed by atoms with E-state index in [2.05, 4.69) is 20.2 Å². The summed E-state index contributed by atoms with van der Waals surface area (Å²) in [5.41, 5.74) is 0.477. The molecule has 1 amide bonds. The highest BCUT2D eigenvalue weighted by Crippen LogP contribution is 2.37. The summed E-state index contributed by atoms with van der Waals surface area (Å²) in [5, 5.41) is 28.2. The van der Waals surface area contributed by atoms with Gasteiger partial charge in [0.05, 0.1) is 16.0 Å². The smallest absolute Gasteiger partial charge is 0.296 e. The van der Waals surface area contributed by atoms with Crippen molar-refractivity contribution in [1.82, 2.24) is 9.97 Å². The zero-order chi connectivity index (χ0) is 16.4. The number of fused-ring (bicyclic) bond motifs is 1. The van der Waals surface area contributed by atoms with E-state index < -0.39 is 10.8 Å². The summed E-state index contributed by atoms with van der Waals surface area (Å²) in [6.45, 7) is 0. The van der Waals surface area contributed by atoms with Crippen molar-refractivity contribution in [2.45, 2.75) is 0 Å². The number of nitro benzene ring substituents is 1. The van der Waals surface area contributed by atoms with E-state index in [0.29, 0.717) is 10.9 Å². The van der Waals surface area contributed by atoms with Crippen LogP contribution in [0.5, 0.6) is 5.88 Å². The molecule has 0 aliphatic heterocycles. The van der Waals surface area contributed by atoms with E-state index in [1.54, 1.807) is 6.07 Å². The summed E-state index contributed by atoms with van der Waals surface area (Å²) in [7, 11) is 0. The Morgan fingerprint density at radius 3 is 2.87 bits per heavy atom. The van der Waals surface area contributed by atoms with Gasteiger partial charge in [-0.3, -0.25) is 19.9 Å². The summed E-state index contributed by atoms with van der Waals surface area (Å²) in [4.78, 5) is 28.5. The summed E-state index contributed by atoms with van der Waals surface area (Å²) < 4.78 is 0. The average Bonchev–Trinajstić information content (AvgIpc) is 2.87. The summed E-state index contributed by atoms with van der Waals surface area (Å²) in [6, 6.07) is 7.08. The van der Waals surface area contributed by atoms with Crippen LogP contribution in [0.2, 0.25) is 0 Å². The van der Waals surface area contributed by atoms with Gasteiger partial charge >= 0.3 is 0 Å². The molecule has 9 nitrogen and oxygen atoms in total. The number of aromatic amines is 1. The van der Waals surface area contributed by atoms with Gasteiger partial charge < -0.3 is 10.1 Å². The Bertz CT molecular complexity index is 933. The molecule has 0 fully saturated rings. The molecule has 2 N–H and O–H groups in total. The third-order valence-corrected chi connectivity index (χ3v) is 3.10. The average molecular weight is 311 g/mol. The van der Waals surface area contributed by atoms with E-state index in [9.17, 15) is 20.0 Å². The molecule has 0 bridgehead atoms. The van der Waals surface area contributed by atoms with E-state index in [-0.39, 0.29) is 22.8 Å². The fraction of sp³-hybridized carbons (Fsp3) is 0. The monoisotopic (exact) mass is 311 g/mol. The first-order valence-electron chi connectivity index (χ1n) is 6.41. The van der Waals surface area contributed by atoms with Crippen LogP contribution in [0.1, 0.15) is 10.4 Å². The Morgan fingerprint density at radius 2 is 2.17 bits per heavy atom. The van der Waals surface area contributed by atoms with Gasteiger partial charge in [0.25, 0.3) is 11.6 Å². The van der Waals surface area contributed by atoms with E-state index >= 15 is 0 Å². The second-order valence-electron chi connectivity index (χ2n) is 4.56. The Hall–Kier alpha value is -3.62. The first kappa shape index (κ1) is 14.3. The molecule has 0 saturated carbocycles. The predicted molar refractivity (Wildman–Crippen MR) is 79.7 cm³/mol. The van der Waals surface area contributed by atoms with Crippen molar-refractivity contribution in [2.75, 3.05) is 0 Å². The van der Waals surface area contributed by atoms with Gasteiger partial charge in [0.15, 0.2) is 5.69 Å². The van der Waals surface area contributed by atoms with Gasteiger partial charge in [-0.1, -0.05) is 0 Å². The molecule has 0 radical (unpaired) electrons. The number of H-pyrrole nitrogens is 1. The topological polar surface area (TPSA) is 134 Å². The van der Waals surface area contributed by atoms with Crippen LogP contribution in [-0.4, -0.2) is 25.9 Å². The lowest BCUT2D eigenvalue weighted by Gasteiger charge is -1.94. The number of non-ortho nitro benzene ring substituents is 1. The Labute approximate surface area is 128 Å². The van der Waals surface area contributed by atoms with Crippen molar-refractivity contribution in [3.63, 3.8) is 0 Å². The Kier molecular flexibility index (Phi) is 3.51. The number of pyridine rings is 1. The van der Waals surface area contributed by atoms with Crippen LogP contribution in [-0.2, 0) is 0 Å². The standard InChI is InChI=1S/C14H9N5O4/c20-13(8-2-1-5-15-7-8)18-17-12-10-6-9(19(22)23)3-4-11(10)16-14(12)21/h1-7,16,21H. The lowest BCUT2D eigenvalue weighted by Crippen LogP contribution is -1.93. The maximum Gasteiger partial charge on any atom is 0.296 e. The van der Waals surface area contributed by atoms with Crippen LogP contribution in [0.4, 0.5) is 11.4 Å². The highest BCUT2D eigenvalue weighted by atomic mass is 16.6. The molecular weight excluding hydrogens is 302 g/mol. The number of hydrogen-bond donors (Lipinski definition) is 2. The van der Waals surface area contributed by atoms with Crippen LogP contribution < -0.4 is 0 Å². The largest absolute Gasteiger partial charge is 0.493 e. The van der Waals surface area contributed by atoms with Gasteiger partial charge in [-0.05, 0) is 18.2 Å². The molecule has 2 aromatic heterocycles. The second-order valence-corrected chi connectivity index (χ2v) is 4.56. The molecule has 0 unspecified atom stereocenters. The summed E-state index contributed by atoms with van der Waals surface area (Å²) >= 11 is 0. The van der Waals surface area contributed by atoms with Crippen LogP contribution in [0, 0.1) is 10.1 Å². The number of amides is 1. The number of azo groups is 1. The third-order valence-electron chi connectivity index (χ3n) is 3.10. The van der Waals surface area contributed by atoms with Crippen molar-refractivity contribution < 1.29 is 14.8 Å². The number of nitrogens with one attached hydrogen (secondary N) is 1. The quantitative estimate of drug-likeness (QED) is 0.435. The molecule has 0 saturated heterocycles. The van der Waals surface area contributed by atoms with Gasteiger partial charge in [-0.15, -0.1) is 10.2 Å². The predicted octanol–water partition coefficient (Wildman–Crippen LogP) is 3.10. The van der Waals surface area contributed by atoms with Gasteiger partial charge in [0.1, 0.15) is 0 Å². The lowest BCUT2D eigenvalue weighted by molar-refractivity contribution is -0.384. The van der Waals surface area contributed by atoms with Gasteiger partial charge in [0, 0.05) is 29.9 Å². The van der Waals surface area contributed by atoms with Crippen LogP contribution in [0.3, 0.4) is 0 Å². The lowest BCUT2D eigenvalue weighted by atomic mass is 10.2. The Morgan fingerprint density at radius 1 is 1.35 bits per heavy atom. The zero-order valence-electron chi connectivity index (χ0n) is 11.5. The summed E-state index contributed by atoms with van der Waals surface area (Å²) in [6.07, 6.45) is 2.85. The highest BCUT2D eigenvalue weighted by Gasteiger charge is 2.15. The number of aromatic nitrogens is 2. The molecule has 3 rings (SSSR count). The normalized spacial score (nSPS) is 11.1. The molecule has 2 heterocycles. The van der Waals surface area contributed by atoms with Gasteiger partial charge in [-0.25, -0.2) is 0 Å². The molecule has 0 aliphatic carbocycles. The van der Waals surface area contributed by atoms with E-state index in [4.69, 9.17) is 0 Å². The zero-order valence-corrected chi connectivity index (χ0v) is 11.5. The first-order valence-corrected chi connectivity index (χ1v) is 6.41. The maximum absolute atomic E-state index is 11.9. The number of aromatic hydroxyl groups is 1. The van der Waals surface area contributed by atoms with E-state index in [0.717, 1.165) is 0 Å². The molecule has 0 spiro atoms. The van der Waals surface area contributed by atoms with Crippen molar-refractivity contribution in [2.24, 2.45) is 10.2 Å². The van der Waals surface area contributed by atoms with E-state index in [1.807, 2.05) is 0 Å². The number of nitrogens with zero attached hydrogens (tertiary/aromatic N) is 4. The highest BCUT2D eigenvalue weighted by molar-refractivity contribution is 5.97. The number of hydrogen-bond acceptors (Lipinski definition) is 6. The van der Waals surface area contributed by atoms with Crippen LogP contribution in [0.15, 0.2) is 53.0 Å². The number of nitro groups is 1. The minimum absolute atomic E-state index is 0.0408. The van der Waals surface area contributed by atoms with Gasteiger partial charge in [0.2, 0.25) is 5.88 Å². The fourth-order valence-electron chi connectivity index (χ4n) is 2.01. The van der Waals surface area contributed by atoms with E-state index in [1.165, 1.54) is 36.7 Å². The second kappa shape index (κ2) is 5.64. The SMILES string of the molecule is O=C(N=Nc1c(O)[nH]c2ccc([N+](=O)[O-])cc12)c1cccnc1. The Balaban J connectivity index is 2.00. The summed E-state index contributed by atoms with van der Waals surface area (Å²) in [5.74, 6) is -0.972. The number of benzene rings is 1. The maximum atomic E-state index is 11.9. The van der Waals surface area contributed by atoms with Crippen molar-refractivity contribution in [1.29, 1.82) is 0 Å². The molecule has 23 heavy (non-hydrogen) atoms. The first-order chi connectivity index (χ1) is 11.1. The molecule has 3 aromatic rings. The molecular formula is C14H9N5O4. The van der Waals surface area contributed by atoms with Crippen molar-refractivity contribution in [3.05, 3.63) is 58.4 Å². The number of rotatable bonds is 3. The molecule has 114 valence electrons. The minimum atomic E-state index is -0.641. The van der Waals surface area contributed by atoms with Gasteiger partial charge in [-0.2, -0.15) is 0 Å². The van der Waals surface area contributed by atoms with Crippen LogP contribution >= 0.6 is 0 Å². The third kappa shape index (κ3) is 2.75. The minimum Gasteiger partial charge on any atom is -0.493 e. The number of carbonyl (C=O) groups excluding carboxylic acids is 1. The van der Waals surface area contributed by atoms with Crippen molar-refractivity contribution in [3.8, 4) is 5.88 Å². The number of carbonyl (C=O) groups is 1. The molecule has 0 aliphatic rings. The molecule has 9 heteroatoms. The molecule has 1 aromatic carbocycles. The van der Waals surface area contributed by atoms with Crippen LogP contribution in [0.25, 0.3) is 10.9 Å².